The zero-order valence-corrected chi connectivity index (χ0v) is 13.1. The molecule has 0 heterocycles. The second-order valence-electron chi connectivity index (χ2n) is 4.20. The molecule has 138 valence electrons. The summed E-state index contributed by atoms with van der Waals surface area (Å²) in [6.07, 6.45) is 0.556. The van der Waals surface area contributed by atoms with Crippen LogP contribution in [-0.4, -0.2) is 67.2 Å². The molecule has 6 N–H and O–H groups in total. The average molecular weight is 358 g/mol. The second-order valence-corrected chi connectivity index (χ2v) is 4.20. The van der Waals surface area contributed by atoms with Crippen LogP contribution in [0.15, 0.2) is 36.4 Å². The molecule has 0 bridgehead atoms. The molecule has 0 amide bonds. The Morgan fingerprint density at radius 1 is 0.880 bits per heavy atom. The van der Waals surface area contributed by atoms with Crippen LogP contribution in [0.5, 0.6) is 0 Å². The molecular weight excluding hydrogens is 340 g/mol. The van der Waals surface area contributed by atoms with Gasteiger partial charge in [0.25, 0.3) is 0 Å². The highest BCUT2D eigenvalue weighted by Crippen LogP contribution is 2.07. The van der Waals surface area contributed by atoms with Crippen molar-refractivity contribution in [3.05, 3.63) is 47.5 Å². The van der Waals surface area contributed by atoms with Gasteiger partial charge in [-0.2, -0.15) is 0 Å². The molecule has 0 saturated heterocycles. The summed E-state index contributed by atoms with van der Waals surface area (Å²) in [6, 6.07) is 5.48. The molecule has 0 saturated carbocycles. The number of carboxylic acid groups (broad SMARTS) is 4. The lowest BCUT2D eigenvalue weighted by molar-refractivity contribution is -0.134. The van der Waals surface area contributed by atoms with Gasteiger partial charge in [-0.15, -0.1) is 0 Å². The standard InChI is InChI=1S/C8H6O4.C4H4O4.C3H8O2/c9-7(10)5-3-1-2-4-6(5)8(11)12;5-3(6)1-2-4(7)8;1-3(5)2-4/h1-4H,(H,9,10)(H,11,12);1-2H,(H,5,6)(H,7,8);3-5H,2H2,1H3/b;2-1+;. The lowest BCUT2D eigenvalue weighted by Gasteiger charge is -1.98. The summed E-state index contributed by atoms with van der Waals surface area (Å²) >= 11 is 0. The molecule has 0 fully saturated rings. The number of aliphatic hydroxyl groups excluding tert-OH is 2. The van der Waals surface area contributed by atoms with Gasteiger partial charge in [-0.1, -0.05) is 12.1 Å². The van der Waals surface area contributed by atoms with Gasteiger partial charge in [0.2, 0.25) is 0 Å². The fourth-order valence-electron chi connectivity index (χ4n) is 0.999. The highest BCUT2D eigenvalue weighted by Gasteiger charge is 2.13. The van der Waals surface area contributed by atoms with E-state index in [2.05, 4.69) is 0 Å². The molecule has 25 heavy (non-hydrogen) atoms. The molecule has 0 aliphatic carbocycles. The maximum atomic E-state index is 10.5. The normalized spacial score (nSPS) is 10.5. The molecule has 10 heteroatoms. The number of aromatic carboxylic acids is 2. The third-order valence-corrected chi connectivity index (χ3v) is 2.02. The van der Waals surface area contributed by atoms with Crippen molar-refractivity contribution in [1.82, 2.24) is 0 Å². The van der Waals surface area contributed by atoms with Crippen molar-refractivity contribution in [2.45, 2.75) is 13.0 Å². The van der Waals surface area contributed by atoms with Gasteiger partial charge >= 0.3 is 23.9 Å². The van der Waals surface area contributed by atoms with Crippen molar-refractivity contribution in [3.63, 3.8) is 0 Å². The van der Waals surface area contributed by atoms with Crippen molar-refractivity contribution in [2.24, 2.45) is 0 Å². The van der Waals surface area contributed by atoms with E-state index in [1.54, 1.807) is 0 Å². The Balaban J connectivity index is 0. The molecular formula is C15H18O10. The molecule has 0 radical (unpaired) electrons. The summed E-state index contributed by atoms with van der Waals surface area (Å²) in [4.78, 5) is 40.0. The molecule has 0 aliphatic heterocycles. The van der Waals surface area contributed by atoms with Gasteiger partial charge in [-0.3, -0.25) is 0 Å². The maximum absolute atomic E-state index is 10.5. The SMILES string of the molecule is CC(O)CO.O=C(O)/C=C/C(=O)O.O=C(O)c1ccccc1C(=O)O. The predicted octanol–water partition coefficient (Wildman–Crippen LogP) is 0.154. The van der Waals surface area contributed by atoms with Gasteiger partial charge in [0.15, 0.2) is 0 Å². The Morgan fingerprint density at radius 3 is 1.32 bits per heavy atom. The van der Waals surface area contributed by atoms with Gasteiger partial charge < -0.3 is 30.6 Å². The Morgan fingerprint density at radius 2 is 1.16 bits per heavy atom. The summed E-state index contributed by atoms with van der Waals surface area (Å²) in [6.45, 7) is 1.39. The quantitative estimate of drug-likeness (QED) is 0.395. The molecule has 1 rings (SSSR count). The van der Waals surface area contributed by atoms with Crippen LogP contribution in [0.3, 0.4) is 0 Å². The van der Waals surface area contributed by atoms with Gasteiger partial charge in [0, 0.05) is 12.2 Å². The summed E-state index contributed by atoms with van der Waals surface area (Å²) < 4.78 is 0. The van der Waals surface area contributed by atoms with Crippen molar-refractivity contribution < 1.29 is 49.8 Å². The zero-order chi connectivity index (χ0) is 20.0. The fourth-order valence-corrected chi connectivity index (χ4v) is 0.999. The van der Waals surface area contributed by atoms with Crippen LogP contribution in [0.2, 0.25) is 0 Å². The smallest absolute Gasteiger partial charge is 0.336 e. The van der Waals surface area contributed by atoms with Crippen molar-refractivity contribution in [2.75, 3.05) is 6.61 Å². The van der Waals surface area contributed by atoms with Crippen molar-refractivity contribution >= 4 is 23.9 Å². The fraction of sp³-hybridized carbons (Fsp3) is 0.200. The van der Waals surface area contributed by atoms with E-state index >= 15 is 0 Å². The predicted molar refractivity (Wildman–Crippen MR) is 83.5 cm³/mol. The lowest BCUT2D eigenvalue weighted by atomic mass is 10.1. The van der Waals surface area contributed by atoms with Crippen molar-refractivity contribution in [1.29, 1.82) is 0 Å². The van der Waals surface area contributed by atoms with Gasteiger partial charge in [0.1, 0.15) is 0 Å². The molecule has 1 unspecified atom stereocenters. The van der Waals surface area contributed by atoms with E-state index in [1.165, 1.54) is 31.2 Å². The molecule has 1 aromatic rings. The Kier molecular flexibility index (Phi) is 12.7. The first kappa shape index (κ1) is 24.0. The van der Waals surface area contributed by atoms with Gasteiger partial charge in [-0.05, 0) is 19.1 Å². The number of benzene rings is 1. The summed E-state index contributed by atoms with van der Waals surface area (Å²) in [7, 11) is 0. The third-order valence-electron chi connectivity index (χ3n) is 2.02. The van der Waals surface area contributed by atoms with Crippen LogP contribution in [-0.2, 0) is 9.59 Å². The first-order valence-electron chi connectivity index (χ1n) is 6.51. The average Bonchev–Trinajstić information content (AvgIpc) is 2.54. The first-order valence-corrected chi connectivity index (χ1v) is 6.51. The monoisotopic (exact) mass is 358 g/mol. The van der Waals surface area contributed by atoms with E-state index < -0.39 is 30.0 Å². The van der Waals surface area contributed by atoms with E-state index in [1.807, 2.05) is 0 Å². The zero-order valence-electron chi connectivity index (χ0n) is 13.1. The Labute approximate surface area is 141 Å². The van der Waals surface area contributed by atoms with Crippen molar-refractivity contribution in [3.8, 4) is 0 Å². The molecule has 1 aromatic carbocycles. The second kappa shape index (κ2) is 13.2. The Hall–Kier alpha value is -3.24. The molecule has 10 nitrogen and oxygen atoms in total. The summed E-state index contributed by atoms with van der Waals surface area (Å²) in [5.74, 6) is -4.97. The largest absolute Gasteiger partial charge is 0.478 e. The number of carbonyl (C=O) groups is 4. The van der Waals surface area contributed by atoms with Crippen LogP contribution in [0.4, 0.5) is 0 Å². The van der Waals surface area contributed by atoms with Crippen LogP contribution in [0.1, 0.15) is 27.6 Å². The summed E-state index contributed by atoms with van der Waals surface area (Å²) in [5, 5.41) is 48.7. The van der Waals surface area contributed by atoms with E-state index in [0.29, 0.717) is 12.2 Å². The van der Waals surface area contributed by atoms with E-state index in [-0.39, 0.29) is 17.7 Å². The highest BCUT2D eigenvalue weighted by atomic mass is 16.4. The van der Waals surface area contributed by atoms with E-state index in [9.17, 15) is 19.2 Å². The highest BCUT2D eigenvalue weighted by molar-refractivity contribution is 6.01. The van der Waals surface area contributed by atoms with Gasteiger partial charge in [0.05, 0.1) is 23.8 Å². The molecule has 1 atom stereocenters. The van der Waals surface area contributed by atoms with E-state index in [4.69, 9.17) is 30.6 Å². The first-order chi connectivity index (χ1) is 11.5. The number of rotatable bonds is 5. The minimum atomic E-state index is -1.26. The Bertz CT molecular complexity index is 569. The van der Waals surface area contributed by atoms with E-state index in [0.717, 1.165) is 0 Å². The minimum Gasteiger partial charge on any atom is -0.478 e. The number of hydrogen-bond acceptors (Lipinski definition) is 6. The van der Waals surface area contributed by atoms with Crippen LogP contribution < -0.4 is 0 Å². The number of aliphatic hydroxyl groups is 2. The number of aliphatic carboxylic acids is 2. The molecule has 0 spiro atoms. The van der Waals surface area contributed by atoms with Crippen LogP contribution in [0.25, 0.3) is 0 Å². The number of hydrogen-bond donors (Lipinski definition) is 6. The number of carboxylic acids is 4. The lowest BCUT2D eigenvalue weighted by Crippen LogP contribution is -2.06. The molecule has 0 aliphatic rings. The topological polar surface area (TPSA) is 190 Å². The minimum absolute atomic E-state index is 0.139. The van der Waals surface area contributed by atoms with Crippen LogP contribution in [0, 0.1) is 0 Å². The van der Waals surface area contributed by atoms with Gasteiger partial charge in [-0.25, -0.2) is 19.2 Å². The maximum Gasteiger partial charge on any atom is 0.336 e. The van der Waals surface area contributed by atoms with Crippen LogP contribution >= 0.6 is 0 Å². The molecule has 0 aromatic heterocycles. The summed E-state index contributed by atoms with van der Waals surface area (Å²) in [5.41, 5.74) is -0.380. The third kappa shape index (κ3) is 14.1.